The Bertz CT molecular complexity index is 6060. The topological polar surface area (TPSA) is 87.2 Å². The molecule has 0 aliphatic carbocycles. The Morgan fingerprint density at radius 3 is 0.731 bits per heavy atom. The van der Waals surface area contributed by atoms with Crippen molar-refractivity contribution >= 4 is 43.6 Å². The van der Waals surface area contributed by atoms with Gasteiger partial charge in [0.05, 0.1) is 22.1 Å². The first-order valence-electron chi connectivity index (χ1n) is 35.1. The van der Waals surface area contributed by atoms with E-state index in [0.29, 0.717) is 34.9 Å². The number of nitrogens with zero attached hydrogens (tertiary/aromatic N) is 8. The molecule has 0 saturated heterocycles. The fourth-order valence-electron chi connectivity index (χ4n) is 14.9. The molecule has 486 valence electrons. The van der Waals surface area contributed by atoms with Crippen LogP contribution >= 0.6 is 0 Å². The zero-order chi connectivity index (χ0) is 68.9. The molecule has 0 aliphatic rings. The molecule has 15 aromatic carbocycles. The third kappa shape index (κ3) is 11.3. The van der Waals surface area contributed by atoms with Crippen molar-refractivity contribution < 1.29 is 0 Å². The molecule has 19 rings (SSSR count). The van der Waals surface area contributed by atoms with Crippen LogP contribution in [0.5, 0.6) is 0 Å². The minimum atomic E-state index is 0.576. The Kier molecular flexibility index (Phi) is 15.4. The largest absolute Gasteiger partial charge is 0.309 e. The Morgan fingerprint density at radius 1 is 0.154 bits per heavy atom. The van der Waals surface area contributed by atoms with Gasteiger partial charge >= 0.3 is 0 Å². The molecule has 104 heavy (non-hydrogen) atoms. The number of benzene rings is 15. The average molecular weight is 1330 g/mol. The minimum Gasteiger partial charge on any atom is -0.309 e. The predicted octanol–water partition coefficient (Wildman–Crippen LogP) is 24.3. The molecule has 0 N–H and O–H groups in total. The highest BCUT2D eigenvalue weighted by Crippen LogP contribution is 2.44. The third-order valence-electron chi connectivity index (χ3n) is 19.8. The van der Waals surface area contributed by atoms with Crippen LogP contribution in [0.4, 0.5) is 0 Å². The third-order valence-corrected chi connectivity index (χ3v) is 19.8. The van der Waals surface area contributed by atoms with E-state index in [2.05, 4.69) is 349 Å². The first-order chi connectivity index (χ1) is 51.5. The fourth-order valence-corrected chi connectivity index (χ4v) is 14.9. The maximum Gasteiger partial charge on any atom is 0.164 e. The van der Waals surface area contributed by atoms with Gasteiger partial charge in [-0.25, -0.2) is 29.9 Å². The van der Waals surface area contributed by atoms with Gasteiger partial charge in [-0.15, -0.1) is 0 Å². The minimum absolute atomic E-state index is 0.576. The molecule has 19 aromatic rings. The highest BCUT2D eigenvalue weighted by Gasteiger charge is 2.23. The summed E-state index contributed by atoms with van der Waals surface area (Å²) in [4.78, 5) is 31.6. The summed E-state index contributed by atoms with van der Waals surface area (Å²) in [6.07, 6.45) is 0. The van der Waals surface area contributed by atoms with Crippen molar-refractivity contribution in [3.05, 3.63) is 376 Å². The summed E-state index contributed by atoms with van der Waals surface area (Å²) in [5, 5.41) is 4.71. The normalized spacial score (nSPS) is 11.5. The van der Waals surface area contributed by atoms with Crippen molar-refractivity contribution in [1.82, 2.24) is 39.0 Å². The maximum atomic E-state index is 5.34. The van der Waals surface area contributed by atoms with Gasteiger partial charge < -0.3 is 9.13 Å². The summed E-state index contributed by atoms with van der Waals surface area (Å²) >= 11 is 0. The zero-order valence-corrected chi connectivity index (χ0v) is 56.4. The van der Waals surface area contributed by atoms with Gasteiger partial charge in [0.2, 0.25) is 0 Å². The molecule has 4 heterocycles. The van der Waals surface area contributed by atoms with Gasteiger partial charge in [-0.3, -0.25) is 0 Å². The van der Waals surface area contributed by atoms with E-state index in [1.54, 1.807) is 0 Å². The van der Waals surface area contributed by atoms with Crippen LogP contribution < -0.4 is 0 Å². The molecule has 0 amide bonds. The van der Waals surface area contributed by atoms with E-state index in [1.807, 2.05) is 36.4 Å². The quantitative estimate of drug-likeness (QED) is 0.108. The smallest absolute Gasteiger partial charge is 0.164 e. The molecule has 0 unspecified atom stereocenters. The van der Waals surface area contributed by atoms with Crippen molar-refractivity contribution in [2.24, 2.45) is 0 Å². The Balaban J connectivity index is 0.668. The van der Waals surface area contributed by atoms with Gasteiger partial charge in [-0.1, -0.05) is 285 Å². The van der Waals surface area contributed by atoms with Crippen molar-refractivity contribution in [3.63, 3.8) is 0 Å². The van der Waals surface area contributed by atoms with Crippen molar-refractivity contribution in [2.75, 3.05) is 0 Å². The maximum absolute atomic E-state index is 5.34. The van der Waals surface area contributed by atoms with Gasteiger partial charge in [-0.2, -0.15) is 0 Å². The summed E-state index contributed by atoms with van der Waals surface area (Å²) in [5.41, 5.74) is 25.3. The number of para-hydroxylation sites is 2. The Morgan fingerprint density at radius 2 is 0.394 bits per heavy atom. The van der Waals surface area contributed by atoms with Crippen LogP contribution in [0.25, 0.3) is 190 Å². The average Bonchev–Trinajstić information content (AvgIpc) is 1.58. The van der Waals surface area contributed by atoms with Gasteiger partial charge in [0.25, 0.3) is 0 Å². The SMILES string of the molecule is c1ccc(-c2ccc3c(c2)c2c(-c4cccc(-c5nc(-c6ccccc6)nc(-c6cccc(-c7cccc(-c8cccc(-c9nc(-c%10ccccc%10)nc(-c%10cccc(-c%11cccc%12c%11c%11cc(-c%13ccccc%13)ccc%11n%12-c%11ccccc%11)c%10)n9)c8)c7)c6)n5)c4)cccc2n3-c2ccccc2)cc1. The van der Waals surface area contributed by atoms with Gasteiger partial charge in [0.15, 0.2) is 34.9 Å². The van der Waals surface area contributed by atoms with Gasteiger partial charge in [0.1, 0.15) is 0 Å². The van der Waals surface area contributed by atoms with Crippen LogP contribution in [0.15, 0.2) is 376 Å². The van der Waals surface area contributed by atoms with Crippen LogP contribution in [0, 0.1) is 0 Å². The first-order valence-corrected chi connectivity index (χ1v) is 35.1. The molecule has 0 bridgehead atoms. The lowest BCUT2D eigenvalue weighted by Gasteiger charge is -2.12. The molecular formula is C96H62N8. The highest BCUT2D eigenvalue weighted by molar-refractivity contribution is 6.18. The van der Waals surface area contributed by atoms with Gasteiger partial charge in [0, 0.05) is 66.3 Å². The first kappa shape index (κ1) is 61.0. The van der Waals surface area contributed by atoms with Crippen LogP contribution in [0.1, 0.15) is 0 Å². The van der Waals surface area contributed by atoms with Crippen LogP contribution in [0.3, 0.4) is 0 Å². The van der Waals surface area contributed by atoms with E-state index in [1.165, 1.54) is 43.8 Å². The summed E-state index contributed by atoms with van der Waals surface area (Å²) < 4.78 is 4.76. The van der Waals surface area contributed by atoms with Crippen LogP contribution in [-0.4, -0.2) is 39.0 Å². The molecule has 0 fully saturated rings. The lowest BCUT2D eigenvalue weighted by molar-refractivity contribution is 1.07. The lowest BCUT2D eigenvalue weighted by atomic mass is 9.96. The number of fused-ring (bicyclic) bond motifs is 6. The molecule has 8 heteroatoms. The molecule has 0 atom stereocenters. The molecule has 0 aliphatic heterocycles. The number of rotatable bonds is 14. The van der Waals surface area contributed by atoms with Crippen molar-refractivity contribution in [2.45, 2.75) is 0 Å². The molecule has 0 saturated carbocycles. The second kappa shape index (κ2) is 26.2. The molecule has 4 aromatic heterocycles. The zero-order valence-electron chi connectivity index (χ0n) is 56.4. The second-order valence-corrected chi connectivity index (χ2v) is 26.2. The van der Waals surface area contributed by atoms with E-state index >= 15 is 0 Å². The summed E-state index contributed by atoms with van der Waals surface area (Å²) in [6.45, 7) is 0. The fraction of sp³-hybridized carbons (Fsp3) is 0. The van der Waals surface area contributed by atoms with Crippen molar-refractivity contribution in [3.8, 4) is 146 Å². The molecular weight excluding hydrogens is 1270 g/mol. The highest BCUT2D eigenvalue weighted by atomic mass is 15.0. The summed E-state index contributed by atoms with van der Waals surface area (Å²) in [6, 6.07) is 133. The van der Waals surface area contributed by atoms with Gasteiger partial charge in [-0.05, 0) is 158 Å². The van der Waals surface area contributed by atoms with E-state index in [-0.39, 0.29) is 0 Å². The van der Waals surface area contributed by atoms with E-state index < -0.39 is 0 Å². The van der Waals surface area contributed by atoms with E-state index in [9.17, 15) is 0 Å². The Labute approximate surface area is 601 Å². The standard InChI is InChI=1S/C96H62N8/c1-7-26-63(27-8-1)71-52-54-85-83(61-71)89-81(48-24-50-87(89)103(85)79-44-15-5-16-45-79)73-38-22-42-77(59-73)95-99-91(65-30-11-3-12-31-65)97-93(101-95)75-40-20-36-69(57-75)67-34-19-35-68(56-67)70-37-21-41-76(58-70)94-98-92(66-32-13-4-14-33-66)100-96(102-94)78-43-23-39-74(60-78)82-49-25-51-88-90(82)84-62-72(64-28-9-2-10-29-64)53-55-86(84)104(88)80-46-17-6-18-47-80/h1-62H. The van der Waals surface area contributed by atoms with E-state index in [4.69, 9.17) is 29.9 Å². The predicted molar refractivity (Wildman–Crippen MR) is 427 cm³/mol. The summed E-state index contributed by atoms with van der Waals surface area (Å²) in [7, 11) is 0. The van der Waals surface area contributed by atoms with Crippen molar-refractivity contribution in [1.29, 1.82) is 0 Å². The molecule has 8 nitrogen and oxygen atoms in total. The lowest BCUT2D eigenvalue weighted by Crippen LogP contribution is -2.00. The number of hydrogen-bond donors (Lipinski definition) is 0. The molecule has 0 radical (unpaired) electrons. The Hall–Kier alpha value is -14.1. The monoisotopic (exact) mass is 1330 g/mol. The van der Waals surface area contributed by atoms with E-state index in [0.717, 1.165) is 111 Å². The van der Waals surface area contributed by atoms with Crippen LogP contribution in [-0.2, 0) is 0 Å². The summed E-state index contributed by atoms with van der Waals surface area (Å²) in [5.74, 6) is 3.50. The van der Waals surface area contributed by atoms with Crippen LogP contribution in [0.2, 0.25) is 0 Å². The molecule has 0 spiro atoms. The number of aromatic nitrogens is 8. The number of hydrogen-bond acceptors (Lipinski definition) is 6. The second-order valence-electron chi connectivity index (χ2n) is 26.2.